The zero-order valence-corrected chi connectivity index (χ0v) is 16.8. The number of benzene rings is 1. The van der Waals surface area contributed by atoms with E-state index in [4.69, 9.17) is 4.98 Å². The minimum atomic E-state index is -0.0305. The van der Waals surface area contributed by atoms with Gasteiger partial charge in [0.15, 0.2) is 21.8 Å². The van der Waals surface area contributed by atoms with E-state index < -0.39 is 0 Å². The molecule has 3 aromatic rings. The van der Waals surface area contributed by atoms with E-state index in [2.05, 4.69) is 32.7 Å². The monoisotopic (exact) mass is 401 g/mol. The number of hydrogen-bond acceptors (Lipinski definition) is 8. The van der Waals surface area contributed by atoms with Crippen LogP contribution in [0.2, 0.25) is 0 Å². The second kappa shape index (κ2) is 8.41. The van der Waals surface area contributed by atoms with Crippen molar-refractivity contribution < 1.29 is 5.11 Å². The molecule has 0 aliphatic heterocycles. The average Bonchev–Trinajstić information content (AvgIpc) is 3.41. The Balaban J connectivity index is 1.61. The van der Waals surface area contributed by atoms with Crippen molar-refractivity contribution in [1.29, 1.82) is 0 Å². The third kappa shape index (κ3) is 4.69. The van der Waals surface area contributed by atoms with E-state index in [0.29, 0.717) is 16.8 Å². The minimum Gasteiger partial charge on any atom is -0.394 e. The fourth-order valence-electron chi connectivity index (χ4n) is 2.62. The van der Waals surface area contributed by atoms with Gasteiger partial charge in [-0.2, -0.15) is 4.98 Å². The van der Waals surface area contributed by atoms with Gasteiger partial charge in [0.2, 0.25) is 0 Å². The summed E-state index contributed by atoms with van der Waals surface area (Å²) in [5.74, 6) is 1.57. The fraction of sp³-hybridized carbons (Fsp3) is 0.421. The molecule has 2 heterocycles. The Morgan fingerprint density at radius 1 is 1.22 bits per heavy atom. The van der Waals surface area contributed by atoms with Gasteiger partial charge in [-0.05, 0) is 24.8 Å². The molecule has 2 aromatic heterocycles. The van der Waals surface area contributed by atoms with E-state index in [-0.39, 0.29) is 12.6 Å². The Labute approximate surface area is 166 Å². The van der Waals surface area contributed by atoms with Crippen LogP contribution in [0.1, 0.15) is 31.7 Å². The van der Waals surface area contributed by atoms with Gasteiger partial charge < -0.3 is 15.7 Å². The number of nitrogens with one attached hydrogen (secondary N) is 2. The predicted molar refractivity (Wildman–Crippen MR) is 113 cm³/mol. The summed E-state index contributed by atoms with van der Waals surface area (Å²) in [6, 6.07) is 10.8. The average molecular weight is 402 g/mol. The fourth-order valence-corrected chi connectivity index (χ4v) is 4.35. The van der Waals surface area contributed by atoms with E-state index in [1.807, 2.05) is 25.1 Å². The summed E-state index contributed by atoms with van der Waals surface area (Å²) >= 11 is 3.18. The van der Waals surface area contributed by atoms with Crippen LogP contribution < -0.4 is 10.6 Å². The maximum Gasteiger partial charge on any atom is 0.191 e. The molecule has 1 saturated carbocycles. The lowest BCUT2D eigenvalue weighted by atomic mass is 10.2. The lowest BCUT2D eigenvalue weighted by Crippen LogP contribution is -2.23. The summed E-state index contributed by atoms with van der Waals surface area (Å²) in [5, 5.41) is 18.0. The highest BCUT2D eigenvalue weighted by molar-refractivity contribution is 7.98. The third-order valence-corrected chi connectivity index (χ3v) is 6.30. The van der Waals surface area contributed by atoms with Crippen LogP contribution in [0.25, 0.3) is 10.3 Å². The molecule has 0 bridgehead atoms. The van der Waals surface area contributed by atoms with Gasteiger partial charge in [0.05, 0.1) is 12.6 Å². The normalized spacial score (nSPS) is 15.0. The molecule has 0 saturated heterocycles. The number of hydrogen-bond donors (Lipinski definition) is 3. The maximum absolute atomic E-state index is 9.58. The first-order valence-electron chi connectivity index (χ1n) is 9.24. The van der Waals surface area contributed by atoms with Gasteiger partial charge in [-0.25, -0.2) is 9.97 Å². The molecule has 1 atom stereocenters. The number of thiazole rings is 1. The Hall–Kier alpha value is -1.90. The minimum absolute atomic E-state index is 0.0305. The van der Waals surface area contributed by atoms with Crippen LogP contribution in [0.3, 0.4) is 0 Å². The smallest absolute Gasteiger partial charge is 0.191 e. The first-order chi connectivity index (χ1) is 13.2. The second-order valence-electron chi connectivity index (χ2n) is 6.65. The van der Waals surface area contributed by atoms with Crippen molar-refractivity contribution in [3.05, 3.63) is 35.9 Å². The Morgan fingerprint density at radius 2 is 2.04 bits per heavy atom. The van der Waals surface area contributed by atoms with Crippen LogP contribution in [-0.2, 0) is 5.75 Å². The number of nitrogens with zero attached hydrogens (tertiary/aromatic N) is 3. The quantitative estimate of drug-likeness (QED) is 0.367. The number of aliphatic hydroxyl groups is 1. The van der Waals surface area contributed by atoms with E-state index in [1.165, 1.54) is 18.4 Å². The lowest BCUT2D eigenvalue weighted by Gasteiger charge is -2.15. The van der Waals surface area contributed by atoms with Gasteiger partial charge >= 0.3 is 0 Å². The lowest BCUT2D eigenvalue weighted by molar-refractivity contribution is 0.271. The van der Waals surface area contributed by atoms with Gasteiger partial charge in [-0.15, -0.1) is 0 Å². The highest BCUT2D eigenvalue weighted by Gasteiger charge is 2.23. The molecule has 27 heavy (non-hydrogen) atoms. The van der Waals surface area contributed by atoms with Crippen LogP contribution in [-0.4, -0.2) is 38.7 Å². The molecule has 1 aliphatic carbocycles. The molecule has 0 spiro atoms. The molecule has 3 N–H and O–H groups in total. The topological polar surface area (TPSA) is 83.0 Å². The van der Waals surface area contributed by atoms with Gasteiger partial charge in [0, 0.05) is 11.8 Å². The van der Waals surface area contributed by atoms with Crippen molar-refractivity contribution in [3.8, 4) is 0 Å². The number of rotatable bonds is 9. The Bertz CT molecular complexity index is 894. The molecule has 4 rings (SSSR count). The van der Waals surface area contributed by atoms with Crippen molar-refractivity contribution in [3.63, 3.8) is 0 Å². The summed E-state index contributed by atoms with van der Waals surface area (Å²) in [5.41, 5.74) is 1.95. The van der Waals surface area contributed by atoms with Gasteiger partial charge in [0.25, 0.3) is 0 Å². The summed E-state index contributed by atoms with van der Waals surface area (Å²) in [6.45, 7) is 2.12. The van der Waals surface area contributed by atoms with Crippen molar-refractivity contribution in [1.82, 2.24) is 15.0 Å². The molecule has 1 unspecified atom stereocenters. The molecule has 8 heteroatoms. The largest absolute Gasteiger partial charge is 0.394 e. The molecule has 1 fully saturated rings. The Morgan fingerprint density at radius 3 is 2.74 bits per heavy atom. The SMILES string of the molecule is CCC(CO)Nc1nc(SCc2ccccc2)nc2nc(NC3CC3)sc12. The standard InChI is InChI=1S/C19H23N5OS2/c1-2-13(10-25)20-16-15-17(24-19(27-15)21-14-8-9-14)23-18(22-16)26-11-12-6-4-3-5-7-12/h3-7,13-14,25H,2,8-11H2,1H3,(H2,20,21,22,23,24). The zero-order chi connectivity index (χ0) is 18.6. The van der Waals surface area contributed by atoms with Crippen molar-refractivity contribution >= 4 is 44.4 Å². The predicted octanol–water partition coefficient (Wildman–Crippen LogP) is 4.14. The summed E-state index contributed by atoms with van der Waals surface area (Å²) in [6.07, 6.45) is 3.22. The molecule has 1 aromatic carbocycles. The van der Waals surface area contributed by atoms with E-state index >= 15 is 0 Å². The number of aliphatic hydroxyl groups excluding tert-OH is 1. The van der Waals surface area contributed by atoms with Crippen LogP contribution >= 0.6 is 23.1 Å². The molecular weight excluding hydrogens is 378 g/mol. The van der Waals surface area contributed by atoms with Crippen molar-refractivity contribution in [2.45, 2.75) is 49.2 Å². The van der Waals surface area contributed by atoms with Gasteiger partial charge in [-0.3, -0.25) is 0 Å². The highest BCUT2D eigenvalue weighted by atomic mass is 32.2. The molecule has 1 aliphatic rings. The zero-order valence-electron chi connectivity index (χ0n) is 15.2. The summed E-state index contributed by atoms with van der Waals surface area (Å²) < 4.78 is 0.939. The van der Waals surface area contributed by atoms with Gasteiger partial charge in [0.1, 0.15) is 4.70 Å². The first kappa shape index (κ1) is 18.5. The summed E-state index contributed by atoms with van der Waals surface area (Å²) in [4.78, 5) is 14.1. The van der Waals surface area contributed by atoms with E-state index in [0.717, 1.165) is 27.8 Å². The van der Waals surface area contributed by atoms with Crippen LogP contribution in [0, 0.1) is 0 Å². The van der Waals surface area contributed by atoms with Crippen LogP contribution in [0.4, 0.5) is 10.9 Å². The molecular formula is C19H23N5OS2. The molecule has 6 nitrogen and oxygen atoms in total. The van der Waals surface area contributed by atoms with E-state index in [1.54, 1.807) is 23.1 Å². The van der Waals surface area contributed by atoms with Crippen LogP contribution in [0.5, 0.6) is 0 Å². The second-order valence-corrected chi connectivity index (χ2v) is 8.59. The number of thioether (sulfide) groups is 1. The maximum atomic E-state index is 9.58. The number of aromatic nitrogens is 3. The molecule has 0 amide bonds. The summed E-state index contributed by atoms with van der Waals surface area (Å²) in [7, 11) is 0. The van der Waals surface area contributed by atoms with Gasteiger partial charge in [-0.1, -0.05) is 60.4 Å². The molecule has 142 valence electrons. The van der Waals surface area contributed by atoms with Crippen LogP contribution in [0.15, 0.2) is 35.5 Å². The highest BCUT2D eigenvalue weighted by Crippen LogP contribution is 2.35. The number of fused-ring (bicyclic) bond motifs is 1. The van der Waals surface area contributed by atoms with E-state index in [9.17, 15) is 5.11 Å². The Kier molecular flexibility index (Phi) is 5.75. The number of anilines is 2. The van der Waals surface area contributed by atoms with Crippen molar-refractivity contribution in [2.24, 2.45) is 0 Å². The van der Waals surface area contributed by atoms with Crippen molar-refractivity contribution in [2.75, 3.05) is 17.2 Å². The molecule has 0 radical (unpaired) electrons. The first-order valence-corrected chi connectivity index (χ1v) is 11.0. The third-order valence-electron chi connectivity index (χ3n) is 4.40.